The van der Waals surface area contributed by atoms with E-state index in [4.69, 9.17) is 9.84 Å². The summed E-state index contributed by atoms with van der Waals surface area (Å²) >= 11 is 0. The van der Waals surface area contributed by atoms with E-state index in [1.165, 1.54) is 6.08 Å². The van der Waals surface area contributed by atoms with E-state index in [1.54, 1.807) is 32.9 Å². The maximum atomic E-state index is 12.2. The van der Waals surface area contributed by atoms with E-state index in [0.29, 0.717) is 12.8 Å². The highest BCUT2D eigenvalue weighted by molar-refractivity contribution is 7.89. The third kappa shape index (κ3) is 8.84. The maximum absolute atomic E-state index is 12.2. The van der Waals surface area contributed by atoms with Crippen LogP contribution in [0.4, 0.5) is 4.79 Å². The van der Waals surface area contributed by atoms with E-state index in [0.717, 1.165) is 4.31 Å². The van der Waals surface area contributed by atoms with Crippen LogP contribution in [0.15, 0.2) is 24.8 Å². The number of carbonyl (C=O) groups excluding carboxylic acids is 1. The summed E-state index contributed by atoms with van der Waals surface area (Å²) < 4.78 is 30.4. The van der Waals surface area contributed by atoms with Gasteiger partial charge in [0.05, 0.1) is 12.3 Å². The average molecular weight is 333 g/mol. The van der Waals surface area contributed by atoms with Gasteiger partial charge >= 0.3 is 6.09 Å². The maximum Gasteiger partial charge on any atom is 0.424 e. The van der Waals surface area contributed by atoms with Crippen LogP contribution in [0.5, 0.6) is 0 Å². The molecule has 1 N–H and O–H groups in total. The Morgan fingerprint density at radius 3 is 2.41 bits per heavy atom. The quantitative estimate of drug-likeness (QED) is 0.517. The fraction of sp³-hybridized carbons (Fsp3) is 0.667. The van der Waals surface area contributed by atoms with Crippen LogP contribution in [0.2, 0.25) is 0 Å². The Balaban J connectivity index is 5.02. The molecule has 0 radical (unpaired) electrons. The molecule has 0 bridgehead atoms. The summed E-state index contributed by atoms with van der Waals surface area (Å²) in [5.74, 6) is -0.194. The Hall–Kier alpha value is -1.34. The largest absolute Gasteiger partial charge is 0.443 e. The first-order chi connectivity index (χ1) is 10.1. The highest BCUT2D eigenvalue weighted by Crippen LogP contribution is 2.14. The Kier molecular flexibility index (Phi) is 9.04. The first-order valence-electron chi connectivity index (χ1n) is 7.24. The number of amides is 1. The summed E-state index contributed by atoms with van der Waals surface area (Å²) in [6.07, 6.45) is 5.39. The van der Waals surface area contributed by atoms with Crippen molar-refractivity contribution in [3.8, 4) is 0 Å². The summed E-state index contributed by atoms with van der Waals surface area (Å²) in [4.78, 5) is 12.1. The monoisotopic (exact) mass is 333 g/mol. The molecule has 0 unspecified atom stereocenters. The lowest BCUT2D eigenvalue weighted by atomic mass is 10.2. The summed E-state index contributed by atoms with van der Waals surface area (Å²) in [6.45, 7) is 8.50. The molecule has 0 aliphatic carbocycles. The van der Waals surface area contributed by atoms with Crippen molar-refractivity contribution in [3.05, 3.63) is 24.8 Å². The van der Waals surface area contributed by atoms with Crippen LogP contribution < -0.4 is 0 Å². The van der Waals surface area contributed by atoms with Gasteiger partial charge in [-0.2, -0.15) is 0 Å². The van der Waals surface area contributed by atoms with Crippen molar-refractivity contribution >= 4 is 16.1 Å². The Morgan fingerprint density at radius 2 is 1.91 bits per heavy atom. The highest BCUT2D eigenvalue weighted by atomic mass is 32.2. The second-order valence-electron chi connectivity index (χ2n) is 5.74. The number of rotatable bonds is 9. The molecule has 0 saturated carbocycles. The first-order valence-corrected chi connectivity index (χ1v) is 8.85. The zero-order chi connectivity index (χ0) is 17.2. The molecule has 0 fully saturated rings. The molecule has 0 aromatic rings. The number of allylic oxidation sites excluding steroid dienone is 2. The zero-order valence-electron chi connectivity index (χ0n) is 13.6. The highest BCUT2D eigenvalue weighted by Gasteiger charge is 2.30. The van der Waals surface area contributed by atoms with E-state index in [1.807, 2.05) is 0 Å². The van der Waals surface area contributed by atoms with E-state index in [9.17, 15) is 13.2 Å². The molecule has 0 rings (SSSR count). The third-order valence-electron chi connectivity index (χ3n) is 2.48. The van der Waals surface area contributed by atoms with E-state index in [-0.39, 0.29) is 25.3 Å². The molecule has 0 heterocycles. The SMILES string of the molecule is C=CCCS(=O)(=O)N(C/C=C\CCCO)C(=O)OC(C)(C)C. The summed E-state index contributed by atoms with van der Waals surface area (Å²) in [5.41, 5.74) is -0.774. The van der Waals surface area contributed by atoms with Crippen molar-refractivity contribution in [2.45, 2.75) is 45.6 Å². The molecule has 0 atom stereocenters. The number of aliphatic hydroxyl groups is 1. The lowest BCUT2D eigenvalue weighted by Gasteiger charge is -2.26. The van der Waals surface area contributed by atoms with Gasteiger partial charge in [0.1, 0.15) is 5.60 Å². The third-order valence-corrected chi connectivity index (χ3v) is 4.20. The molecule has 0 aromatic heterocycles. The Bertz CT molecular complexity index is 477. The fourth-order valence-electron chi connectivity index (χ4n) is 1.45. The molecular weight excluding hydrogens is 306 g/mol. The molecule has 7 heteroatoms. The molecular formula is C15H27NO5S. The number of unbranched alkanes of at least 4 members (excludes halogenated alkanes) is 1. The van der Waals surface area contributed by atoms with Gasteiger partial charge in [-0.1, -0.05) is 18.2 Å². The number of hydrogen-bond donors (Lipinski definition) is 1. The van der Waals surface area contributed by atoms with E-state index >= 15 is 0 Å². The molecule has 0 aromatic carbocycles. The van der Waals surface area contributed by atoms with Crippen molar-refractivity contribution in [1.82, 2.24) is 4.31 Å². The number of nitrogens with zero attached hydrogens (tertiary/aromatic N) is 1. The second-order valence-corrected chi connectivity index (χ2v) is 7.75. The van der Waals surface area contributed by atoms with Crippen LogP contribution in [0.3, 0.4) is 0 Å². The van der Waals surface area contributed by atoms with Gasteiger partial charge in [0.15, 0.2) is 0 Å². The normalized spacial score (nSPS) is 12.4. The number of carbonyl (C=O) groups is 1. The van der Waals surface area contributed by atoms with Gasteiger partial charge in [0.2, 0.25) is 10.0 Å². The van der Waals surface area contributed by atoms with Crippen LogP contribution in [0.25, 0.3) is 0 Å². The molecule has 0 aliphatic heterocycles. The van der Waals surface area contributed by atoms with E-state index in [2.05, 4.69) is 6.58 Å². The minimum atomic E-state index is -3.76. The fourth-order valence-corrected chi connectivity index (χ4v) is 2.72. The number of ether oxygens (including phenoxy) is 1. The van der Waals surface area contributed by atoms with Crippen LogP contribution in [-0.2, 0) is 14.8 Å². The van der Waals surface area contributed by atoms with Gasteiger partial charge < -0.3 is 9.84 Å². The number of hydrogen-bond acceptors (Lipinski definition) is 5. The van der Waals surface area contributed by atoms with Gasteiger partial charge in [-0.05, 0) is 40.0 Å². The summed E-state index contributed by atoms with van der Waals surface area (Å²) in [6, 6.07) is 0. The first kappa shape index (κ1) is 20.7. The predicted molar refractivity (Wildman–Crippen MR) is 87.0 cm³/mol. The van der Waals surface area contributed by atoms with Crippen molar-refractivity contribution in [2.24, 2.45) is 0 Å². The van der Waals surface area contributed by atoms with Gasteiger partial charge in [-0.25, -0.2) is 17.5 Å². The van der Waals surface area contributed by atoms with Crippen LogP contribution in [-0.4, -0.2) is 48.4 Å². The predicted octanol–water partition coefficient (Wildman–Crippen LogP) is 2.46. The standard InChI is InChI=1S/C15H27NO5S/c1-5-6-13-22(19,20)16(11-9-7-8-10-12-17)14(18)21-15(2,3)4/h5,7,9,17H,1,6,8,10-13H2,2-4H3/b9-7-. The molecule has 0 saturated heterocycles. The van der Waals surface area contributed by atoms with Crippen molar-refractivity contribution < 1.29 is 23.1 Å². The van der Waals surface area contributed by atoms with Crippen LogP contribution >= 0.6 is 0 Å². The van der Waals surface area contributed by atoms with Gasteiger partial charge in [0, 0.05) is 6.61 Å². The second kappa shape index (κ2) is 9.63. The van der Waals surface area contributed by atoms with Crippen molar-refractivity contribution in [3.63, 3.8) is 0 Å². The molecule has 22 heavy (non-hydrogen) atoms. The lowest BCUT2D eigenvalue weighted by molar-refractivity contribution is 0.0404. The lowest BCUT2D eigenvalue weighted by Crippen LogP contribution is -2.42. The molecule has 1 amide bonds. The zero-order valence-corrected chi connectivity index (χ0v) is 14.4. The van der Waals surface area contributed by atoms with Gasteiger partial charge in [0.25, 0.3) is 0 Å². The molecule has 6 nitrogen and oxygen atoms in total. The van der Waals surface area contributed by atoms with Crippen LogP contribution in [0.1, 0.15) is 40.0 Å². The smallest absolute Gasteiger partial charge is 0.424 e. The minimum Gasteiger partial charge on any atom is -0.443 e. The van der Waals surface area contributed by atoms with Gasteiger partial charge in [-0.15, -0.1) is 6.58 Å². The van der Waals surface area contributed by atoms with Crippen molar-refractivity contribution in [2.75, 3.05) is 18.9 Å². The van der Waals surface area contributed by atoms with Gasteiger partial charge in [-0.3, -0.25) is 0 Å². The van der Waals surface area contributed by atoms with Crippen molar-refractivity contribution in [1.29, 1.82) is 0 Å². The molecule has 0 aliphatic rings. The number of sulfonamides is 1. The Morgan fingerprint density at radius 1 is 1.27 bits per heavy atom. The van der Waals surface area contributed by atoms with Crippen LogP contribution in [0, 0.1) is 0 Å². The minimum absolute atomic E-state index is 0.0672. The number of aliphatic hydroxyl groups excluding tert-OH is 1. The summed E-state index contributed by atoms with van der Waals surface area (Å²) in [7, 11) is -3.76. The van der Waals surface area contributed by atoms with E-state index < -0.39 is 21.7 Å². The summed E-state index contributed by atoms with van der Waals surface area (Å²) in [5, 5.41) is 8.69. The Labute approximate surface area is 133 Å². The average Bonchev–Trinajstić information content (AvgIpc) is 2.38. The topological polar surface area (TPSA) is 83.9 Å². The molecule has 0 spiro atoms. The molecule has 128 valence electrons.